The van der Waals surface area contributed by atoms with Gasteiger partial charge in [0.2, 0.25) is 0 Å². The van der Waals surface area contributed by atoms with E-state index in [2.05, 4.69) is 9.97 Å². The standard InChI is InChI=1S/C22H11F4N3/c23-19-7-5-15(11-18(19)14-3-1-13(12-27)2-4-14)16-9-10-28-21-17(16)6-8-20(29-21)22(24,25)26/h1-11H. The van der Waals surface area contributed by atoms with E-state index < -0.39 is 17.7 Å². The Morgan fingerprint density at radius 2 is 1.55 bits per heavy atom. The monoisotopic (exact) mass is 393 g/mol. The molecular formula is C22H11F4N3. The Balaban J connectivity index is 1.85. The van der Waals surface area contributed by atoms with Gasteiger partial charge in [-0.05, 0) is 59.2 Å². The number of alkyl halides is 3. The van der Waals surface area contributed by atoms with Gasteiger partial charge in [-0.2, -0.15) is 18.4 Å². The highest BCUT2D eigenvalue weighted by molar-refractivity contribution is 5.93. The van der Waals surface area contributed by atoms with Crippen LogP contribution in [0.3, 0.4) is 0 Å². The summed E-state index contributed by atoms with van der Waals surface area (Å²) in [5.74, 6) is -0.450. The van der Waals surface area contributed by atoms with Gasteiger partial charge in [-0.3, -0.25) is 0 Å². The first-order chi connectivity index (χ1) is 13.9. The SMILES string of the molecule is N#Cc1ccc(-c2cc(-c3ccnc4nc(C(F)(F)F)ccc34)ccc2F)cc1. The summed E-state index contributed by atoms with van der Waals surface area (Å²) in [5, 5.41) is 9.34. The van der Waals surface area contributed by atoms with Crippen molar-refractivity contribution in [2.45, 2.75) is 6.18 Å². The summed E-state index contributed by atoms with van der Waals surface area (Å²) in [6.45, 7) is 0. The van der Waals surface area contributed by atoms with Crippen molar-refractivity contribution in [2.24, 2.45) is 0 Å². The number of nitriles is 1. The second-order valence-electron chi connectivity index (χ2n) is 6.31. The van der Waals surface area contributed by atoms with Gasteiger partial charge in [0.25, 0.3) is 0 Å². The molecule has 2 aromatic heterocycles. The van der Waals surface area contributed by atoms with Crippen LogP contribution in [0.5, 0.6) is 0 Å². The van der Waals surface area contributed by atoms with Crippen LogP contribution < -0.4 is 0 Å². The van der Waals surface area contributed by atoms with E-state index in [4.69, 9.17) is 5.26 Å². The fraction of sp³-hybridized carbons (Fsp3) is 0.0455. The molecule has 0 radical (unpaired) electrons. The van der Waals surface area contributed by atoms with Crippen molar-refractivity contribution in [3.05, 3.63) is 83.9 Å². The Bertz CT molecular complexity index is 1260. The van der Waals surface area contributed by atoms with E-state index in [0.29, 0.717) is 33.2 Å². The Hall–Kier alpha value is -3.79. The Morgan fingerprint density at radius 3 is 2.24 bits per heavy atom. The molecule has 4 rings (SSSR count). The molecule has 29 heavy (non-hydrogen) atoms. The molecule has 0 atom stereocenters. The first kappa shape index (κ1) is 18.6. The maximum Gasteiger partial charge on any atom is 0.433 e. The lowest BCUT2D eigenvalue weighted by molar-refractivity contribution is -0.141. The Morgan fingerprint density at radius 1 is 0.828 bits per heavy atom. The van der Waals surface area contributed by atoms with E-state index >= 15 is 0 Å². The highest BCUT2D eigenvalue weighted by atomic mass is 19.4. The van der Waals surface area contributed by atoms with Crippen molar-refractivity contribution < 1.29 is 17.6 Å². The van der Waals surface area contributed by atoms with Crippen LogP contribution in [0.25, 0.3) is 33.3 Å². The molecule has 0 unspecified atom stereocenters. The number of halogens is 4. The summed E-state index contributed by atoms with van der Waals surface area (Å²) >= 11 is 0. The zero-order valence-corrected chi connectivity index (χ0v) is 14.7. The van der Waals surface area contributed by atoms with E-state index in [1.54, 1.807) is 42.5 Å². The fourth-order valence-corrected chi connectivity index (χ4v) is 3.08. The molecule has 2 aromatic carbocycles. The van der Waals surface area contributed by atoms with E-state index in [1.807, 2.05) is 6.07 Å². The van der Waals surface area contributed by atoms with Crippen LogP contribution in [0.2, 0.25) is 0 Å². The van der Waals surface area contributed by atoms with Crippen molar-refractivity contribution in [1.29, 1.82) is 5.26 Å². The minimum absolute atomic E-state index is 0.0402. The fourth-order valence-electron chi connectivity index (χ4n) is 3.08. The number of rotatable bonds is 2. The van der Waals surface area contributed by atoms with E-state index in [0.717, 1.165) is 6.07 Å². The van der Waals surface area contributed by atoms with E-state index in [1.165, 1.54) is 18.3 Å². The summed E-state index contributed by atoms with van der Waals surface area (Å²) < 4.78 is 53.2. The molecule has 0 aliphatic carbocycles. The molecule has 0 aliphatic rings. The molecule has 0 aliphatic heterocycles. The smallest absolute Gasteiger partial charge is 0.237 e. The summed E-state index contributed by atoms with van der Waals surface area (Å²) in [4.78, 5) is 7.55. The topological polar surface area (TPSA) is 49.6 Å². The van der Waals surface area contributed by atoms with Crippen molar-refractivity contribution >= 4 is 11.0 Å². The molecule has 0 saturated carbocycles. The molecule has 3 nitrogen and oxygen atoms in total. The molecule has 142 valence electrons. The van der Waals surface area contributed by atoms with Crippen molar-refractivity contribution in [3.63, 3.8) is 0 Å². The Kier molecular flexibility index (Phi) is 4.47. The van der Waals surface area contributed by atoms with Gasteiger partial charge < -0.3 is 0 Å². The molecule has 2 heterocycles. The van der Waals surface area contributed by atoms with Crippen LogP contribution >= 0.6 is 0 Å². The number of hydrogen-bond donors (Lipinski definition) is 0. The number of pyridine rings is 2. The van der Waals surface area contributed by atoms with Crippen molar-refractivity contribution in [3.8, 4) is 28.3 Å². The second kappa shape index (κ2) is 6.99. The quantitative estimate of drug-likeness (QED) is 0.393. The lowest BCUT2D eigenvalue weighted by atomic mass is 9.96. The van der Waals surface area contributed by atoms with Crippen LogP contribution in [0, 0.1) is 17.1 Å². The number of nitrogens with zero attached hydrogens (tertiary/aromatic N) is 3. The highest BCUT2D eigenvalue weighted by Crippen LogP contribution is 2.34. The van der Waals surface area contributed by atoms with Crippen LogP contribution in [-0.4, -0.2) is 9.97 Å². The zero-order valence-electron chi connectivity index (χ0n) is 14.7. The molecule has 0 amide bonds. The minimum Gasteiger partial charge on any atom is -0.237 e. The van der Waals surface area contributed by atoms with Crippen LogP contribution in [0.15, 0.2) is 66.9 Å². The number of hydrogen-bond acceptors (Lipinski definition) is 3. The lowest BCUT2D eigenvalue weighted by Gasteiger charge is -2.11. The van der Waals surface area contributed by atoms with Gasteiger partial charge in [0.1, 0.15) is 11.5 Å². The predicted octanol–water partition coefficient (Wildman–Crippen LogP) is 5.99. The molecule has 0 N–H and O–H groups in total. The summed E-state index contributed by atoms with van der Waals surface area (Å²) in [7, 11) is 0. The number of aromatic nitrogens is 2. The molecule has 0 spiro atoms. The molecular weight excluding hydrogens is 382 g/mol. The molecule has 0 saturated heterocycles. The number of benzene rings is 2. The van der Waals surface area contributed by atoms with Gasteiger partial charge in [0, 0.05) is 17.1 Å². The Labute approximate surface area is 162 Å². The minimum atomic E-state index is -4.56. The lowest BCUT2D eigenvalue weighted by Crippen LogP contribution is -2.08. The summed E-state index contributed by atoms with van der Waals surface area (Å²) in [6, 6.07) is 16.8. The van der Waals surface area contributed by atoms with Gasteiger partial charge in [0.15, 0.2) is 5.65 Å². The third-order valence-corrected chi connectivity index (χ3v) is 4.50. The molecule has 7 heteroatoms. The van der Waals surface area contributed by atoms with Crippen LogP contribution in [0.4, 0.5) is 17.6 Å². The van der Waals surface area contributed by atoms with Gasteiger partial charge in [-0.25, -0.2) is 14.4 Å². The maximum atomic E-state index is 14.4. The van der Waals surface area contributed by atoms with Gasteiger partial charge >= 0.3 is 6.18 Å². The third kappa shape index (κ3) is 3.52. The van der Waals surface area contributed by atoms with Gasteiger partial charge in [0.05, 0.1) is 11.6 Å². The van der Waals surface area contributed by atoms with Crippen LogP contribution in [0.1, 0.15) is 11.3 Å². The van der Waals surface area contributed by atoms with Crippen LogP contribution in [-0.2, 0) is 6.18 Å². The van der Waals surface area contributed by atoms with Crippen molar-refractivity contribution in [2.75, 3.05) is 0 Å². The largest absolute Gasteiger partial charge is 0.433 e. The predicted molar refractivity (Wildman–Crippen MR) is 100 cm³/mol. The molecule has 4 aromatic rings. The normalized spacial score (nSPS) is 11.4. The van der Waals surface area contributed by atoms with Gasteiger partial charge in [-0.1, -0.05) is 18.2 Å². The average Bonchev–Trinajstić information content (AvgIpc) is 2.73. The van der Waals surface area contributed by atoms with E-state index in [-0.39, 0.29) is 5.65 Å². The summed E-state index contributed by atoms with van der Waals surface area (Å²) in [5.41, 5.74) is 1.49. The van der Waals surface area contributed by atoms with Gasteiger partial charge in [-0.15, -0.1) is 0 Å². The maximum absolute atomic E-state index is 14.4. The summed E-state index contributed by atoms with van der Waals surface area (Å²) in [6.07, 6.45) is -3.19. The third-order valence-electron chi connectivity index (χ3n) is 4.50. The van der Waals surface area contributed by atoms with Crippen molar-refractivity contribution in [1.82, 2.24) is 9.97 Å². The first-order valence-electron chi connectivity index (χ1n) is 8.50. The number of fused-ring (bicyclic) bond motifs is 1. The first-order valence-corrected chi connectivity index (χ1v) is 8.50. The molecule has 0 bridgehead atoms. The van der Waals surface area contributed by atoms with E-state index in [9.17, 15) is 17.6 Å². The highest BCUT2D eigenvalue weighted by Gasteiger charge is 2.32. The second-order valence-corrected chi connectivity index (χ2v) is 6.31. The average molecular weight is 393 g/mol. The zero-order chi connectivity index (χ0) is 20.6. The molecule has 0 fully saturated rings.